The molecule has 0 radical (unpaired) electrons. The van der Waals surface area contributed by atoms with Crippen molar-refractivity contribution in [1.29, 1.82) is 0 Å². The standard InChI is InChI=1S/C13H8O2/c14-11-7-12(15)10-6-2-4-8-3-1-5-9(11)13(8)10/h1-7,14H/p+1. The lowest BCUT2D eigenvalue weighted by Gasteiger charge is -2.11. The van der Waals surface area contributed by atoms with Gasteiger partial charge in [-0.05, 0) is 11.5 Å². The van der Waals surface area contributed by atoms with Gasteiger partial charge in [-0.15, -0.1) is 0 Å². The molecule has 0 bridgehead atoms. The lowest BCUT2D eigenvalue weighted by atomic mass is 9.91. The maximum absolute atomic E-state index is 9.72. The van der Waals surface area contributed by atoms with Gasteiger partial charge in [0, 0.05) is 10.9 Å². The monoisotopic (exact) mass is 197 g/mol. The molecule has 0 spiro atoms. The zero-order chi connectivity index (χ0) is 10.4. The van der Waals surface area contributed by atoms with Crippen molar-refractivity contribution in [2.24, 2.45) is 0 Å². The topological polar surface area (TPSA) is 41.6 Å². The molecule has 0 saturated heterocycles. The summed E-state index contributed by atoms with van der Waals surface area (Å²) in [6, 6.07) is 11.4. The number of rotatable bonds is 0. The van der Waals surface area contributed by atoms with Crippen molar-refractivity contribution < 1.29 is 9.90 Å². The first-order chi connectivity index (χ1) is 7.27. The van der Waals surface area contributed by atoms with Crippen LogP contribution in [-0.4, -0.2) is 15.7 Å². The molecule has 1 aliphatic carbocycles. The van der Waals surface area contributed by atoms with Gasteiger partial charge in [-0.1, -0.05) is 30.3 Å². The summed E-state index contributed by atoms with van der Waals surface area (Å²) < 4.78 is 0. The Morgan fingerprint density at radius 2 is 1.60 bits per heavy atom. The zero-order valence-corrected chi connectivity index (χ0v) is 7.94. The van der Waals surface area contributed by atoms with Gasteiger partial charge in [0.2, 0.25) is 0 Å². The van der Waals surface area contributed by atoms with Gasteiger partial charge < -0.3 is 5.11 Å². The third-order valence-electron chi connectivity index (χ3n) is 2.73. The number of aliphatic hydroxyl groups is 1. The van der Waals surface area contributed by atoms with Crippen molar-refractivity contribution >= 4 is 22.3 Å². The van der Waals surface area contributed by atoms with Crippen LogP contribution in [0.15, 0.2) is 42.5 Å². The van der Waals surface area contributed by atoms with Gasteiger partial charge in [-0.2, -0.15) is 0 Å². The summed E-state index contributed by atoms with van der Waals surface area (Å²) in [5, 5.41) is 11.7. The van der Waals surface area contributed by atoms with E-state index >= 15 is 0 Å². The fraction of sp³-hybridized carbons (Fsp3) is 0. The molecule has 2 aromatic carbocycles. The molecule has 0 saturated carbocycles. The van der Waals surface area contributed by atoms with E-state index in [9.17, 15) is 9.90 Å². The second kappa shape index (κ2) is 2.70. The first-order valence-corrected chi connectivity index (χ1v) is 4.76. The molecule has 0 unspecified atom stereocenters. The smallest absolute Gasteiger partial charge is 0.351 e. The minimum Gasteiger partial charge on any atom is -0.507 e. The van der Waals surface area contributed by atoms with Crippen LogP contribution in [-0.2, 0) is 0 Å². The Labute approximate surface area is 86.5 Å². The molecule has 2 N–H and O–H groups in total. The van der Waals surface area contributed by atoms with Gasteiger partial charge in [-0.25, -0.2) is 0 Å². The fourth-order valence-corrected chi connectivity index (χ4v) is 2.05. The number of ketones is 1. The quantitative estimate of drug-likeness (QED) is 0.648. The van der Waals surface area contributed by atoms with Crippen LogP contribution in [0.25, 0.3) is 16.5 Å². The average molecular weight is 197 g/mol. The summed E-state index contributed by atoms with van der Waals surface area (Å²) in [4.78, 5) is 9.72. The van der Waals surface area contributed by atoms with E-state index in [1.54, 1.807) is 0 Å². The lowest BCUT2D eigenvalue weighted by Crippen LogP contribution is -2.06. The first-order valence-electron chi connectivity index (χ1n) is 4.76. The predicted molar refractivity (Wildman–Crippen MR) is 60.6 cm³/mol. The van der Waals surface area contributed by atoms with E-state index in [1.807, 2.05) is 36.4 Å². The molecule has 15 heavy (non-hydrogen) atoms. The van der Waals surface area contributed by atoms with Gasteiger partial charge >= 0.3 is 5.78 Å². The van der Waals surface area contributed by atoms with Crippen molar-refractivity contribution in [3.8, 4) is 0 Å². The number of aliphatic hydroxyl groups excluding tert-OH is 1. The van der Waals surface area contributed by atoms with Crippen LogP contribution in [0.5, 0.6) is 0 Å². The minimum atomic E-state index is 0.122. The lowest BCUT2D eigenvalue weighted by molar-refractivity contribution is 0.512. The van der Waals surface area contributed by atoms with Crippen LogP contribution < -0.4 is 0 Å². The van der Waals surface area contributed by atoms with Crippen molar-refractivity contribution in [3.05, 3.63) is 53.6 Å². The molecule has 3 rings (SSSR count). The Hall–Kier alpha value is -2.09. The summed E-state index contributed by atoms with van der Waals surface area (Å²) >= 11 is 0. The summed E-state index contributed by atoms with van der Waals surface area (Å²) in [5.74, 6) is 0.244. The van der Waals surface area contributed by atoms with E-state index in [1.165, 1.54) is 6.08 Å². The van der Waals surface area contributed by atoms with Gasteiger partial charge in [0.05, 0.1) is 11.6 Å². The van der Waals surface area contributed by atoms with Crippen LogP contribution in [0.3, 0.4) is 0 Å². The second-order valence-electron chi connectivity index (χ2n) is 3.62. The average Bonchev–Trinajstić information content (AvgIpc) is 2.25. The molecular weight excluding hydrogens is 188 g/mol. The van der Waals surface area contributed by atoms with Crippen LogP contribution in [0.2, 0.25) is 0 Å². The molecule has 1 aliphatic rings. The van der Waals surface area contributed by atoms with Crippen molar-refractivity contribution in [2.45, 2.75) is 0 Å². The molecule has 2 aromatic rings. The van der Waals surface area contributed by atoms with Crippen LogP contribution in [0.1, 0.15) is 11.1 Å². The number of hydrogen-bond acceptors (Lipinski definition) is 1. The maximum Gasteiger partial charge on any atom is 0.351 e. The van der Waals surface area contributed by atoms with Gasteiger partial charge in [0.25, 0.3) is 0 Å². The van der Waals surface area contributed by atoms with E-state index in [0.717, 1.165) is 21.9 Å². The second-order valence-corrected chi connectivity index (χ2v) is 3.62. The summed E-state index contributed by atoms with van der Waals surface area (Å²) in [7, 11) is 0. The largest absolute Gasteiger partial charge is 0.507 e. The number of hydrogen-bond donors (Lipinski definition) is 1. The minimum absolute atomic E-state index is 0.122. The van der Waals surface area contributed by atoms with Gasteiger partial charge in [0.1, 0.15) is 5.76 Å². The summed E-state index contributed by atoms with van der Waals surface area (Å²) in [6.07, 6.45) is 1.39. The van der Waals surface area contributed by atoms with Crippen LogP contribution in [0, 0.1) is 0 Å². The van der Waals surface area contributed by atoms with Crippen LogP contribution >= 0.6 is 0 Å². The van der Waals surface area contributed by atoms with Crippen molar-refractivity contribution in [1.82, 2.24) is 0 Å². The molecule has 72 valence electrons. The molecule has 0 aliphatic heterocycles. The highest BCUT2D eigenvalue weighted by Gasteiger charge is 2.23. The highest BCUT2D eigenvalue weighted by Crippen LogP contribution is 2.31. The zero-order valence-electron chi connectivity index (χ0n) is 7.94. The Balaban J connectivity index is 2.57. The number of allylic oxidation sites excluding steroid dienone is 1. The van der Waals surface area contributed by atoms with Crippen molar-refractivity contribution in [2.75, 3.05) is 0 Å². The summed E-state index contributed by atoms with van der Waals surface area (Å²) in [5.41, 5.74) is 1.56. The SMILES string of the molecule is OC1=CC(=[OH+])c2cccc3cccc1c23. The number of carbonyl (C=O) groups excluding carboxylic acids is 1. The molecule has 0 atom stereocenters. The Morgan fingerprint density at radius 3 is 2.33 bits per heavy atom. The third kappa shape index (κ3) is 1.02. The fourth-order valence-electron chi connectivity index (χ4n) is 2.05. The highest BCUT2D eigenvalue weighted by molar-refractivity contribution is 6.21. The predicted octanol–water partition coefficient (Wildman–Crippen LogP) is 2.65. The Kier molecular flexibility index (Phi) is 1.48. The van der Waals surface area contributed by atoms with E-state index in [2.05, 4.69) is 0 Å². The Morgan fingerprint density at radius 1 is 0.933 bits per heavy atom. The maximum atomic E-state index is 9.72. The molecule has 0 fully saturated rings. The van der Waals surface area contributed by atoms with E-state index in [0.29, 0.717) is 0 Å². The first kappa shape index (κ1) is 8.24. The normalized spacial score (nSPS) is 14.1. The van der Waals surface area contributed by atoms with Crippen molar-refractivity contribution in [3.63, 3.8) is 0 Å². The molecule has 0 amide bonds. The van der Waals surface area contributed by atoms with E-state index in [-0.39, 0.29) is 11.5 Å². The molecule has 0 heterocycles. The molecular formula is C13H9O2+. The van der Waals surface area contributed by atoms with Gasteiger partial charge in [-0.3, -0.25) is 4.79 Å². The molecule has 2 heteroatoms. The molecule has 0 aromatic heterocycles. The van der Waals surface area contributed by atoms with Gasteiger partial charge in [0.15, 0.2) is 0 Å². The molecule has 2 nitrogen and oxygen atoms in total. The summed E-state index contributed by atoms with van der Waals surface area (Å²) in [6.45, 7) is 0. The number of benzene rings is 2. The van der Waals surface area contributed by atoms with E-state index < -0.39 is 0 Å². The third-order valence-corrected chi connectivity index (χ3v) is 2.73. The highest BCUT2D eigenvalue weighted by atomic mass is 16.3. The Bertz CT molecular complexity index is 604. The van der Waals surface area contributed by atoms with Crippen LogP contribution in [0.4, 0.5) is 0 Å². The van der Waals surface area contributed by atoms with E-state index in [4.69, 9.17) is 0 Å².